The second-order valence-electron chi connectivity index (χ2n) is 7.44. The van der Waals surface area contributed by atoms with Gasteiger partial charge >= 0.3 is 0 Å². The Kier molecular flexibility index (Phi) is 5.07. The minimum absolute atomic E-state index is 0.0145. The molecule has 0 saturated heterocycles. The average molecular weight is 366 g/mol. The average Bonchev–Trinajstić information content (AvgIpc) is 2.85. The van der Waals surface area contributed by atoms with Gasteiger partial charge in [0, 0.05) is 47.1 Å². The lowest BCUT2D eigenvalue weighted by Crippen LogP contribution is -2.26. The van der Waals surface area contributed by atoms with Crippen LogP contribution in [0.4, 0.5) is 0 Å². The quantitative estimate of drug-likeness (QED) is 0.641. The number of nitrogens with one attached hydrogen (secondary N) is 1. The first-order chi connectivity index (χ1) is 12.7. The fourth-order valence-corrected chi connectivity index (χ4v) is 3.64. The van der Waals surface area contributed by atoms with Crippen LogP contribution in [-0.4, -0.2) is 33.8 Å². The van der Waals surface area contributed by atoms with Crippen molar-refractivity contribution in [3.63, 3.8) is 0 Å². The highest BCUT2D eigenvalue weighted by atomic mass is 16.3. The van der Waals surface area contributed by atoms with Gasteiger partial charge in [0.05, 0.1) is 11.1 Å². The number of carbonyl (C=O) groups excluding carboxylic acids is 2. The van der Waals surface area contributed by atoms with E-state index < -0.39 is 0 Å². The lowest BCUT2D eigenvalue weighted by molar-refractivity contribution is 0.100. The zero-order valence-corrected chi connectivity index (χ0v) is 16.5. The Morgan fingerprint density at radius 3 is 2.11 bits per heavy atom. The summed E-state index contributed by atoms with van der Waals surface area (Å²) in [5, 5.41) is 15.5. The maximum Gasteiger partial charge on any atom is 0.163 e. The molecular weight excluding hydrogens is 340 g/mol. The van der Waals surface area contributed by atoms with E-state index in [2.05, 4.69) is 23.7 Å². The summed E-state index contributed by atoms with van der Waals surface area (Å²) >= 11 is 0. The van der Waals surface area contributed by atoms with Crippen molar-refractivity contribution in [3.05, 3.63) is 41.0 Å². The maximum absolute atomic E-state index is 12.0. The Morgan fingerprint density at radius 1 is 1.00 bits per heavy atom. The fourth-order valence-electron chi connectivity index (χ4n) is 3.64. The summed E-state index contributed by atoms with van der Waals surface area (Å²) in [6, 6.07) is 7.70. The molecule has 0 bridgehead atoms. The third-order valence-electron chi connectivity index (χ3n) is 4.98. The van der Waals surface area contributed by atoms with Gasteiger partial charge in [0.15, 0.2) is 11.6 Å². The first-order valence-corrected chi connectivity index (χ1v) is 9.25. The summed E-state index contributed by atoms with van der Waals surface area (Å²) in [5.74, 6) is -0.183. The molecule has 5 nitrogen and oxygen atoms in total. The van der Waals surface area contributed by atoms with Gasteiger partial charge in [-0.1, -0.05) is 13.8 Å². The zero-order chi connectivity index (χ0) is 19.9. The van der Waals surface area contributed by atoms with E-state index in [-0.39, 0.29) is 17.3 Å². The predicted octanol–water partition coefficient (Wildman–Crippen LogP) is 4.21. The first kappa shape index (κ1) is 19.1. The molecule has 0 radical (unpaired) electrons. The van der Waals surface area contributed by atoms with Crippen molar-refractivity contribution >= 4 is 33.4 Å². The van der Waals surface area contributed by atoms with E-state index in [1.807, 2.05) is 19.1 Å². The SMILES string of the molecule is CC(=O)c1cc2c3cc(C(C)=O)c(O)cc3n(CCNC(C)C)c2cc1C. The molecular formula is C22H26N2O3. The topological polar surface area (TPSA) is 71.3 Å². The molecule has 1 aromatic heterocycles. The first-order valence-electron chi connectivity index (χ1n) is 9.25. The molecule has 0 atom stereocenters. The van der Waals surface area contributed by atoms with Crippen LogP contribution in [-0.2, 0) is 6.54 Å². The van der Waals surface area contributed by atoms with Gasteiger partial charge in [-0.15, -0.1) is 0 Å². The number of carbonyl (C=O) groups is 2. The summed E-state index contributed by atoms with van der Waals surface area (Å²) in [5.41, 5.74) is 3.76. The fraction of sp³-hybridized carbons (Fsp3) is 0.364. The lowest BCUT2D eigenvalue weighted by atomic mass is 10.0. The van der Waals surface area contributed by atoms with E-state index in [1.54, 1.807) is 19.1 Å². The Balaban J connectivity index is 2.32. The van der Waals surface area contributed by atoms with E-state index in [0.29, 0.717) is 17.2 Å². The van der Waals surface area contributed by atoms with Gasteiger partial charge in [0.25, 0.3) is 0 Å². The van der Waals surface area contributed by atoms with E-state index in [0.717, 1.165) is 40.5 Å². The maximum atomic E-state index is 12.0. The number of aromatic nitrogens is 1. The molecule has 27 heavy (non-hydrogen) atoms. The molecule has 0 aliphatic carbocycles. The van der Waals surface area contributed by atoms with Crippen molar-refractivity contribution in [2.75, 3.05) is 6.54 Å². The van der Waals surface area contributed by atoms with E-state index in [4.69, 9.17) is 0 Å². The van der Waals surface area contributed by atoms with Crippen molar-refractivity contribution in [2.45, 2.75) is 47.2 Å². The smallest absolute Gasteiger partial charge is 0.163 e. The van der Waals surface area contributed by atoms with Gasteiger partial charge in [0.2, 0.25) is 0 Å². The highest BCUT2D eigenvalue weighted by Crippen LogP contribution is 2.35. The molecule has 0 aliphatic rings. The summed E-state index contributed by atoms with van der Waals surface area (Å²) in [6.07, 6.45) is 0. The zero-order valence-electron chi connectivity index (χ0n) is 16.5. The molecule has 142 valence electrons. The number of aromatic hydroxyl groups is 1. The highest BCUT2D eigenvalue weighted by Gasteiger charge is 2.18. The van der Waals surface area contributed by atoms with Gasteiger partial charge in [0.1, 0.15) is 5.75 Å². The largest absolute Gasteiger partial charge is 0.507 e. The van der Waals surface area contributed by atoms with Gasteiger partial charge in [-0.2, -0.15) is 0 Å². The van der Waals surface area contributed by atoms with E-state index in [1.165, 1.54) is 6.92 Å². The van der Waals surface area contributed by atoms with Crippen LogP contribution in [0.3, 0.4) is 0 Å². The third-order valence-corrected chi connectivity index (χ3v) is 4.98. The highest BCUT2D eigenvalue weighted by molar-refractivity contribution is 6.14. The number of ketones is 2. The molecule has 3 rings (SSSR count). The number of nitrogens with zero attached hydrogens (tertiary/aromatic N) is 1. The summed E-state index contributed by atoms with van der Waals surface area (Å²) in [7, 11) is 0. The van der Waals surface area contributed by atoms with Gasteiger partial charge in [-0.3, -0.25) is 9.59 Å². The van der Waals surface area contributed by atoms with Crippen molar-refractivity contribution in [3.8, 4) is 5.75 Å². The molecule has 0 unspecified atom stereocenters. The standard InChI is InChI=1S/C22H26N2O3/c1-12(2)23-6-7-24-20-8-13(3)16(14(4)25)9-18(20)19-10-17(15(5)26)22(27)11-21(19)24/h8-12,23,27H,6-7H2,1-5H3. The number of hydrogen-bond donors (Lipinski definition) is 2. The Morgan fingerprint density at radius 2 is 1.56 bits per heavy atom. The normalized spacial score (nSPS) is 11.6. The second-order valence-corrected chi connectivity index (χ2v) is 7.44. The number of phenolic OH excluding ortho intramolecular Hbond substituents is 1. The molecule has 2 N–H and O–H groups in total. The molecule has 2 aromatic carbocycles. The second kappa shape index (κ2) is 7.16. The van der Waals surface area contributed by atoms with E-state index >= 15 is 0 Å². The monoisotopic (exact) mass is 366 g/mol. The molecule has 0 aliphatic heterocycles. The van der Waals surface area contributed by atoms with Crippen LogP contribution in [0.1, 0.15) is 54.0 Å². The molecule has 3 aromatic rings. The number of rotatable bonds is 6. The van der Waals surface area contributed by atoms with Crippen LogP contribution in [0.15, 0.2) is 24.3 Å². The van der Waals surface area contributed by atoms with Crippen LogP contribution < -0.4 is 5.32 Å². The molecule has 0 amide bonds. The number of phenols is 1. The van der Waals surface area contributed by atoms with Crippen molar-refractivity contribution in [1.29, 1.82) is 0 Å². The van der Waals surface area contributed by atoms with Crippen molar-refractivity contribution in [2.24, 2.45) is 0 Å². The van der Waals surface area contributed by atoms with Crippen LogP contribution in [0.25, 0.3) is 21.8 Å². The molecule has 5 heteroatoms. The lowest BCUT2D eigenvalue weighted by Gasteiger charge is -2.12. The summed E-state index contributed by atoms with van der Waals surface area (Å²) in [6.45, 7) is 10.6. The summed E-state index contributed by atoms with van der Waals surface area (Å²) in [4.78, 5) is 23.9. The van der Waals surface area contributed by atoms with Gasteiger partial charge < -0.3 is 15.0 Å². The number of Topliss-reactive ketones (excluding diaryl/α,β-unsaturated/α-hetero) is 2. The minimum atomic E-state index is -0.185. The molecule has 0 spiro atoms. The number of fused-ring (bicyclic) bond motifs is 3. The molecule has 1 heterocycles. The van der Waals surface area contributed by atoms with Gasteiger partial charge in [-0.25, -0.2) is 0 Å². The van der Waals surface area contributed by atoms with Crippen LogP contribution in [0.2, 0.25) is 0 Å². The van der Waals surface area contributed by atoms with Crippen LogP contribution >= 0.6 is 0 Å². The predicted molar refractivity (Wildman–Crippen MR) is 109 cm³/mol. The molecule has 0 fully saturated rings. The Bertz CT molecular complexity index is 984. The Hall–Kier alpha value is -2.66. The van der Waals surface area contributed by atoms with Crippen molar-refractivity contribution in [1.82, 2.24) is 9.88 Å². The molecule has 0 saturated carbocycles. The summed E-state index contributed by atoms with van der Waals surface area (Å²) < 4.78 is 2.14. The minimum Gasteiger partial charge on any atom is -0.507 e. The third kappa shape index (κ3) is 3.47. The number of hydrogen-bond acceptors (Lipinski definition) is 4. The van der Waals surface area contributed by atoms with Gasteiger partial charge in [-0.05, 0) is 44.5 Å². The Labute approximate surface area is 159 Å². The van der Waals surface area contributed by atoms with Crippen molar-refractivity contribution < 1.29 is 14.7 Å². The number of aryl methyl sites for hydroxylation is 1. The van der Waals surface area contributed by atoms with Crippen LogP contribution in [0.5, 0.6) is 5.75 Å². The van der Waals surface area contributed by atoms with Crippen LogP contribution in [0, 0.1) is 6.92 Å². The van der Waals surface area contributed by atoms with E-state index in [9.17, 15) is 14.7 Å². The number of benzene rings is 2.